The van der Waals surface area contributed by atoms with Crippen LogP contribution >= 0.6 is 15.9 Å². The van der Waals surface area contributed by atoms with E-state index in [0.717, 1.165) is 0 Å². The van der Waals surface area contributed by atoms with Crippen molar-refractivity contribution >= 4 is 49.0 Å². The van der Waals surface area contributed by atoms with Gasteiger partial charge in [0.15, 0.2) is 0 Å². The summed E-state index contributed by atoms with van der Waals surface area (Å²) in [5.74, 6) is -0.285. The number of nitrogens with one attached hydrogen (secondary N) is 3. The van der Waals surface area contributed by atoms with Crippen LogP contribution < -0.4 is 15.4 Å². The smallest absolute Gasteiger partial charge is 0.307 e. The summed E-state index contributed by atoms with van der Waals surface area (Å²) in [4.78, 5) is 12.2. The summed E-state index contributed by atoms with van der Waals surface area (Å²) < 4.78 is 26.6. The lowest BCUT2D eigenvalue weighted by Gasteiger charge is -2.12. The van der Waals surface area contributed by atoms with Crippen LogP contribution in [0, 0.1) is 11.3 Å². The van der Waals surface area contributed by atoms with E-state index in [9.17, 15) is 13.2 Å². The Kier molecular flexibility index (Phi) is 4.17. The molecule has 1 aliphatic rings. The Hall–Kier alpha value is -2.57. The molecule has 0 saturated carbocycles. The summed E-state index contributed by atoms with van der Waals surface area (Å²) in [5.41, 5.74) is 1.71. The lowest BCUT2D eigenvalue weighted by atomic mass is 10.1. The zero-order chi connectivity index (χ0) is 17.3. The second-order valence-corrected chi connectivity index (χ2v) is 7.62. The molecule has 122 valence electrons. The summed E-state index contributed by atoms with van der Waals surface area (Å²) in [7, 11) is -3.54. The topological polar surface area (TPSA) is 111 Å². The van der Waals surface area contributed by atoms with E-state index in [1.165, 1.54) is 12.1 Å². The molecule has 1 aliphatic heterocycles. The van der Waals surface area contributed by atoms with Crippen molar-refractivity contribution in [3.8, 4) is 6.07 Å². The number of nitriles is 1. The van der Waals surface area contributed by atoms with Gasteiger partial charge >= 0.3 is 6.03 Å². The summed E-state index contributed by atoms with van der Waals surface area (Å²) in [6, 6.07) is 11.5. The minimum atomic E-state index is -3.54. The molecule has 1 heterocycles. The van der Waals surface area contributed by atoms with Crippen LogP contribution in [0.1, 0.15) is 11.1 Å². The van der Waals surface area contributed by atoms with Crippen molar-refractivity contribution in [3.05, 3.63) is 52.0 Å². The third-order valence-electron chi connectivity index (χ3n) is 3.40. The molecule has 3 N–H and O–H groups in total. The lowest BCUT2D eigenvalue weighted by Crippen LogP contribution is -2.20. The Bertz CT molecular complexity index is 983. The molecule has 0 aromatic heterocycles. The Morgan fingerprint density at radius 2 is 1.88 bits per heavy atom. The molecule has 0 radical (unpaired) electrons. The van der Waals surface area contributed by atoms with E-state index < -0.39 is 16.1 Å². The van der Waals surface area contributed by atoms with Gasteiger partial charge < -0.3 is 10.6 Å². The number of hydrogen-bond acceptors (Lipinski definition) is 4. The Labute approximate surface area is 146 Å². The number of carbonyl (C=O) groups is 1. The van der Waals surface area contributed by atoms with Crippen LogP contribution in [-0.2, 0) is 15.8 Å². The Balaban J connectivity index is 1.87. The number of anilines is 3. The first-order chi connectivity index (χ1) is 11.4. The average Bonchev–Trinajstić information content (AvgIpc) is 2.85. The molecule has 2 amide bonds. The molecular formula is C15H11BrN4O3S. The van der Waals surface area contributed by atoms with Crippen molar-refractivity contribution in [2.75, 3.05) is 15.4 Å². The van der Waals surface area contributed by atoms with E-state index in [1.807, 2.05) is 12.1 Å². The number of benzene rings is 2. The van der Waals surface area contributed by atoms with Gasteiger partial charge in [-0.05, 0) is 40.2 Å². The molecule has 24 heavy (non-hydrogen) atoms. The second-order valence-electron chi connectivity index (χ2n) is 5.05. The van der Waals surface area contributed by atoms with Gasteiger partial charge in [0.2, 0.25) is 10.0 Å². The van der Waals surface area contributed by atoms with E-state index >= 15 is 0 Å². The van der Waals surface area contributed by atoms with Gasteiger partial charge in [0.25, 0.3) is 0 Å². The summed E-state index contributed by atoms with van der Waals surface area (Å²) >= 11 is 3.32. The molecule has 7 nitrogen and oxygen atoms in total. The highest BCUT2D eigenvalue weighted by Crippen LogP contribution is 2.36. The van der Waals surface area contributed by atoms with Crippen LogP contribution in [0.15, 0.2) is 40.9 Å². The molecule has 0 unspecified atom stereocenters. The molecule has 2 aromatic carbocycles. The highest BCUT2D eigenvalue weighted by atomic mass is 79.9. The largest absolute Gasteiger partial charge is 0.323 e. The first-order valence-corrected chi connectivity index (χ1v) is 9.23. The van der Waals surface area contributed by atoms with Crippen LogP contribution in [-0.4, -0.2) is 14.4 Å². The van der Waals surface area contributed by atoms with E-state index in [4.69, 9.17) is 5.26 Å². The van der Waals surface area contributed by atoms with Crippen LogP contribution in [0.2, 0.25) is 0 Å². The molecule has 0 aliphatic carbocycles. The molecule has 0 bridgehead atoms. The quantitative estimate of drug-likeness (QED) is 0.710. The molecule has 0 fully saturated rings. The van der Waals surface area contributed by atoms with Crippen LogP contribution in [0.4, 0.5) is 21.9 Å². The maximum atomic E-state index is 12.2. The third kappa shape index (κ3) is 3.20. The van der Waals surface area contributed by atoms with E-state index in [1.54, 1.807) is 18.2 Å². The fraction of sp³-hybridized carbons (Fsp3) is 0.0667. The van der Waals surface area contributed by atoms with Gasteiger partial charge in [0.05, 0.1) is 34.4 Å². The zero-order valence-electron chi connectivity index (χ0n) is 12.1. The molecular weight excluding hydrogens is 396 g/mol. The predicted molar refractivity (Wildman–Crippen MR) is 94.2 cm³/mol. The van der Waals surface area contributed by atoms with Gasteiger partial charge in [-0.2, -0.15) is 5.26 Å². The highest BCUT2D eigenvalue weighted by molar-refractivity contribution is 9.10. The molecule has 0 atom stereocenters. The SMILES string of the molecule is N#Cc1ccc(NC(=O)Nc2ccccc2Br)c2c1CS(=O)(=O)N2. The van der Waals surface area contributed by atoms with Gasteiger partial charge in [-0.3, -0.25) is 4.72 Å². The lowest BCUT2D eigenvalue weighted by molar-refractivity contribution is 0.262. The summed E-state index contributed by atoms with van der Waals surface area (Å²) in [5, 5.41) is 14.4. The molecule has 0 spiro atoms. The second kappa shape index (κ2) is 6.14. The maximum Gasteiger partial charge on any atom is 0.323 e. The van der Waals surface area contributed by atoms with Crippen LogP contribution in [0.5, 0.6) is 0 Å². The van der Waals surface area contributed by atoms with E-state index in [-0.39, 0.29) is 22.7 Å². The minimum absolute atomic E-state index is 0.233. The number of amides is 2. The number of hydrogen-bond donors (Lipinski definition) is 3. The Morgan fingerprint density at radius 3 is 2.58 bits per heavy atom. The van der Waals surface area contributed by atoms with Gasteiger partial charge in [-0.1, -0.05) is 12.1 Å². The van der Waals surface area contributed by atoms with Crippen molar-refractivity contribution in [2.45, 2.75) is 5.75 Å². The number of halogens is 1. The molecule has 0 saturated heterocycles. The minimum Gasteiger partial charge on any atom is -0.307 e. The van der Waals surface area contributed by atoms with Gasteiger partial charge in [0.1, 0.15) is 0 Å². The number of sulfonamides is 1. The van der Waals surface area contributed by atoms with Crippen molar-refractivity contribution in [3.63, 3.8) is 0 Å². The molecule has 3 rings (SSSR count). The molecule has 9 heteroatoms. The number of para-hydroxylation sites is 1. The number of rotatable bonds is 2. The Morgan fingerprint density at radius 1 is 1.17 bits per heavy atom. The first-order valence-electron chi connectivity index (χ1n) is 6.78. The van der Waals surface area contributed by atoms with Gasteiger partial charge in [-0.25, -0.2) is 13.2 Å². The number of carbonyl (C=O) groups excluding carboxylic acids is 1. The van der Waals surface area contributed by atoms with Crippen molar-refractivity contribution < 1.29 is 13.2 Å². The molecule has 2 aromatic rings. The van der Waals surface area contributed by atoms with Crippen molar-refractivity contribution in [2.24, 2.45) is 0 Å². The zero-order valence-corrected chi connectivity index (χ0v) is 14.5. The average molecular weight is 407 g/mol. The highest BCUT2D eigenvalue weighted by Gasteiger charge is 2.29. The fourth-order valence-corrected chi connectivity index (χ4v) is 4.02. The summed E-state index contributed by atoms with van der Waals surface area (Å²) in [6.07, 6.45) is 0. The normalized spacial score (nSPS) is 14.2. The van der Waals surface area contributed by atoms with Crippen LogP contribution in [0.3, 0.4) is 0 Å². The standard InChI is InChI=1S/C15H11BrN4O3S/c16-11-3-1-2-4-12(11)18-15(21)19-13-6-5-9(7-17)10-8-24(22,23)20-14(10)13/h1-6,20H,8H2,(H2,18,19,21). The van der Waals surface area contributed by atoms with Crippen molar-refractivity contribution in [1.82, 2.24) is 0 Å². The van der Waals surface area contributed by atoms with Gasteiger partial charge in [0, 0.05) is 10.0 Å². The fourth-order valence-electron chi connectivity index (χ4n) is 2.34. The van der Waals surface area contributed by atoms with E-state index in [0.29, 0.717) is 15.7 Å². The van der Waals surface area contributed by atoms with Crippen molar-refractivity contribution in [1.29, 1.82) is 5.26 Å². The number of urea groups is 1. The number of nitrogens with zero attached hydrogens (tertiary/aromatic N) is 1. The van der Waals surface area contributed by atoms with E-state index in [2.05, 4.69) is 31.3 Å². The first kappa shape index (κ1) is 16.3. The number of fused-ring (bicyclic) bond motifs is 1. The van der Waals surface area contributed by atoms with Crippen LogP contribution in [0.25, 0.3) is 0 Å². The van der Waals surface area contributed by atoms with Gasteiger partial charge in [-0.15, -0.1) is 0 Å². The third-order valence-corrected chi connectivity index (χ3v) is 5.27. The predicted octanol–water partition coefficient (Wildman–Crippen LogP) is 3.22. The monoisotopic (exact) mass is 406 g/mol. The maximum absolute atomic E-state index is 12.2. The summed E-state index contributed by atoms with van der Waals surface area (Å²) in [6.45, 7) is 0.